The minimum absolute atomic E-state index is 0.0113. The standard InChI is InChI=1S/C34H48F12O/c1-4-7-8-9-10-11-13-25(36)22(12-5-2)20-16-27(38)23(28(39)17-20)14-15-26(37)32(24(35)6-3)34(45,46)47-21-18-29(40)31(30(41)19-21)33(42,43)44/h5-6,18,20-28,30-32H,2-4,7-17,19H2,1H3/t20?,21?,22-,23?,24+,25?,26?,27+,28?,30?,31-,32?/m1/s1. The lowest BCUT2D eigenvalue weighted by Crippen LogP contribution is -2.47. The molecule has 13 heteroatoms. The molecule has 2 aliphatic carbocycles. The first kappa shape index (κ1) is 41.5. The summed E-state index contributed by atoms with van der Waals surface area (Å²) in [5.74, 6) is -11.1. The Labute approximate surface area is 270 Å². The SMILES string of the molecule is C=CC[C@@H](C(F)CCCCCCCC)C1CC(F)C(CCC(F)C([C@@H](F)C=C)C(F)(F)OC2C=C(F)[C@@H](C(F)(F)F)C(F)C2)[C@@H](F)C1. The van der Waals surface area contributed by atoms with E-state index in [1.165, 1.54) is 6.08 Å². The Morgan fingerprint density at radius 3 is 1.98 bits per heavy atom. The molecule has 1 fully saturated rings. The van der Waals surface area contributed by atoms with Crippen molar-refractivity contribution in [2.24, 2.45) is 29.6 Å². The van der Waals surface area contributed by atoms with Gasteiger partial charge in [0.25, 0.3) is 0 Å². The summed E-state index contributed by atoms with van der Waals surface area (Å²) in [4.78, 5) is 0. The van der Waals surface area contributed by atoms with E-state index in [0.717, 1.165) is 32.1 Å². The number of hydrogen-bond acceptors (Lipinski definition) is 1. The van der Waals surface area contributed by atoms with E-state index in [4.69, 9.17) is 0 Å². The van der Waals surface area contributed by atoms with Crippen LogP contribution in [0.15, 0.2) is 37.2 Å². The van der Waals surface area contributed by atoms with Crippen LogP contribution in [0.5, 0.6) is 0 Å². The fourth-order valence-corrected chi connectivity index (χ4v) is 7.00. The molecule has 12 atom stereocenters. The second-order valence-corrected chi connectivity index (χ2v) is 13.0. The van der Waals surface area contributed by atoms with Gasteiger partial charge >= 0.3 is 12.3 Å². The van der Waals surface area contributed by atoms with Gasteiger partial charge in [0, 0.05) is 12.3 Å². The molecule has 0 aliphatic heterocycles. The van der Waals surface area contributed by atoms with Gasteiger partial charge in [-0.05, 0) is 56.4 Å². The van der Waals surface area contributed by atoms with Crippen LogP contribution in [0, 0.1) is 29.6 Å². The Balaban J connectivity index is 2.05. The Morgan fingerprint density at radius 2 is 1.45 bits per heavy atom. The summed E-state index contributed by atoms with van der Waals surface area (Å²) in [6.07, 6.45) is -21.5. The third-order valence-electron chi connectivity index (χ3n) is 9.57. The molecule has 0 aromatic rings. The molecule has 0 N–H and O–H groups in total. The number of hydrogen-bond donors (Lipinski definition) is 0. The Kier molecular flexibility index (Phi) is 16.7. The predicted octanol–water partition coefficient (Wildman–Crippen LogP) is 12.0. The van der Waals surface area contributed by atoms with Gasteiger partial charge in [0.05, 0.1) is 6.10 Å². The van der Waals surface area contributed by atoms with Crippen LogP contribution in [0.3, 0.4) is 0 Å². The Bertz CT molecular complexity index is 959. The molecule has 2 aliphatic rings. The second kappa shape index (κ2) is 18.9. The fraction of sp³-hybridized carbons (Fsp3) is 0.824. The normalized spacial score (nSPS) is 30.6. The van der Waals surface area contributed by atoms with E-state index in [1.807, 2.05) is 0 Å². The molecule has 8 unspecified atom stereocenters. The molecule has 1 nitrogen and oxygen atoms in total. The summed E-state index contributed by atoms with van der Waals surface area (Å²) in [5.41, 5.74) is 0. The molecule has 274 valence electrons. The molecule has 0 saturated heterocycles. The summed E-state index contributed by atoms with van der Waals surface area (Å²) < 4.78 is 177. The van der Waals surface area contributed by atoms with Crippen LogP contribution < -0.4 is 0 Å². The van der Waals surface area contributed by atoms with E-state index in [0.29, 0.717) is 12.5 Å². The third-order valence-corrected chi connectivity index (χ3v) is 9.57. The lowest BCUT2D eigenvalue weighted by Gasteiger charge is -2.40. The van der Waals surface area contributed by atoms with Gasteiger partial charge < -0.3 is 4.74 Å². The third kappa shape index (κ3) is 12.0. The number of rotatable bonds is 20. The van der Waals surface area contributed by atoms with Crippen molar-refractivity contribution in [3.05, 3.63) is 37.2 Å². The van der Waals surface area contributed by atoms with Crippen LogP contribution in [0.25, 0.3) is 0 Å². The minimum Gasteiger partial charge on any atom is -0.312 e. The molecule has 0 radical (unpaired) electrons. The number of halogens is 12. The average Bonchev–Trinajstić information content (AvgIpc) is 2.95. The topological polar surface area (TPSA) is 9.23 Å². The monoisotopic (exact) mass is 700 g/mol. The van der Waals surface area contributed by atoms with E-state index in [9.17, 15) is 26.3 Å². The summed E-state index contributed by atoms with van der Waals surface area (Å²) in [5, 5.41) is 0. The van der Waals surface area contributed by atoms with Crippen LogP contribution >= 0.6 is 0 Å². The van der Waals surface area contributed by atoms with Gasteiger partial charge in [-0.15, -0.1) is 13.2 Å². The molecule has 0 bridgehead atoms. The molecular weight excluding hydrogens is 652 g/mol. The van der Waals surface area contributed by atoms with Crippen LogP contribution in [-0.4, -0.2) is 55.4 Å². The average molecular weight is 701 g/mol. The lowest BCUT2D eigenvalue weighted by molar-refractivity contribution is -0.306. The number of ether oxygens (including phenoxy) is 1. The van der Waals surface area contributed by atoms with Gasteiger partial charge in [0.15, 0.2) is 0 Å². The Hall–Kier alpha value is -1.66. The predicted molar refractivity (Wildman–Crippen MR) is 158 cm³/mol. The van der Waals surface area contributed by atoms with E-state index >= 15 is 26.3 Å². The van der Waals surface area contributed by atoms with E-state index in [-0.39, 0.29) is 31.8 Å². The van der Waals surface area contributed by atoms with Crippen LogP contribution in [0.2, 0.25) is 0 Å². The maximum atomic E-state index is 15.3. The van der Waals surface area contributed by atoms with E-state index in [2.05, 4.69) is 24.8 Å². The van der Waals surface area contributed by atoms with Crippen LogP contribution in [0.1, 0.15) is 90.4 Å². The summed E-state index contributed by atoms with van der Waals surface area (Å²) >= 11 is 0. The smallest absolute Gasteiger partial charge is 0.312 e. The van der Waals surface area contributed by atoms with Gasteiger partial charge in [-0.25, -0.2) is 30.7 Å². The van der Waals surface area contributed by atoms with Crippen LogP contribution in [0.4, 0.5) is 52.7 Å². The molecule has 2 rings (SSSR count). The van der Waals surface area contributed by atoms with Gasteiger partial charge in [0.1, 0.15) is 54.7 Å². The maximum absolute atomic E-state index is 15.3. The van der Waals surface area contributed by atoms with E-state index in [1.54, 1.807) is 0 Å². The van der Waals surface area contributed by atoms with Gasteiger partial charge in [-0.3, -0.25) is 0 Å². The van der Waals surface area contributed by atoms with Crippen molar-refractivity contribution < 1.29 is 57.4 Å². The molecule has 0 amide bonds. The van der Waals surface area contributed by atoms with Crippen molar-refractivity contribution in [3.8, 4) is 0 Å². The molecule has 0 aromatic carbocycles. The maximum Gasteiger partial charge on any atom is 0.400 e. The summed E-state index contributed by atoms with van der Waals surface area (Å²) in [6, 6.07) is 0. The van der Waals surface area contributed by atoms with Gasteiger partial charge in [-0.1, -0.05) is 57.6 Å². The number of unbranched alkanes of at least 4 members (excludes halogenated alkanes) is 5. The first-order chi connectivity index (χ1) is 22.0. The lowest BCUT2D eigenvalue weighted by atomic mass is 9.69. The highest BCUT2D eigenvalue weighted by atomic mass is 19.4. The highest BCUT2D eigenvalue weighted by molar-refractivity contribution is 5.12. The van der Waals surface area contributed by atoms with Crippen molar-refractivity contribution in [1.29, 1.82) is 0 Å². The first-order valence-corrected chi connectivity index (χ1v) is 16.6. The molecule has 47 heavy (non-hydrogen) atoms. The zero-order chi connectivity index (χ0) is 35.5. The molecule has 1 saturated carbocycles. The number of alkyl halides is 11. The highest BCUT2D eigenvalue weighted by Gasteiger charge is 2.55. The highest BCUT2D eigenvalue weighted by Crippen LogP contribution is 2.46. The zero-order valence-electron chi connectivity index (χ0n) is 26.7. The fourth-order valence-electron chi connectivity index (χ4n) is 7.00. The van der Waals surface area contributed by atoms with Crippen LogP contribution in [-0.2, 0) is 4.74 Å². The molecule has 0 spiro atoms. The van der Waals surface area contributed by atoms with Gasteiger partial charge in [0.2, 0.25) is 0 Å². The largest absolute Gasteiger partial charge is 0.400 e. The van der Waals surface area contributed by atoms with Crippen molar-refractivity contribution >= 4 is 0 Å². The van der Waals surface area contributed by atoms with Crippen molar-refractivity contribution in [3.63, 3.8) is 0 Å². The molecule has 0 heterocycles. The van der Waals surface area contributed by atoms with Crippen molar-refractivity contribution in [2.75, 3.05) is 0 Å². The van der Waals surface area contributed by atoms with Crippen molar-refractivity contribution in [1.82, 2.24) is 0 Å². The molecule has 0 aromatic heterocycles. The zero-order valence-corrected chi connectivity index (χ0v) is 26.7. The van der Waals surface area contributed by atoms with E-state index < -0.39 is 110 Å². The number of allylic oxidation sites excluding steroid dienone is 3. The Morgan fingerprint density at radius 1 is 0.851 bits per heavy atom. The first-order valence-electron chi connectivity index (χ1n) is 16.6. The quantitative estimate of drug-likeness (QED) is 0.0698. The molecular formula is C34H48F12O. The second-order valence-electron chi connectivity index (χ2n) is 13.0. The minimum atomic E-state index is -5.34. The van der Waals surface area contributed by atoms with Crippen molar-refractivity contribution in [2.45, 2.75) is 146 Å². The summed E-state index contributed by atoms with van der Waals surface area (Å²) in [7, 11) is 0. The van der Waals surface area contributed by atoms with Gasteiger partial charge in [-0.2, -0.15) is 22.0 Å². The summed E-state index contributed by atoms with van der Waals surface area (Å²) in [6.45, 7) is 8.72.